The molecule has 0 radical (unpaired) electrons. The van der Waals surface area contributed by atoms with Gasteiger partial charge in [-0.1, -0.05) is 44.0 Å². The van der Waals surface area contributed by atoms with Gasteiger partial charge in [-0.15, -0.1) is 0 Å². The summed E-state index contributed by atoms with van der Waals surface area (Å²) in [5, 5.41) is 0. The fraction of sp³-hybridized carbons (Fsp3) is 0.467. The highest BCUT2D eigenvalue weighted by molar-refractivity contribution is 6.08. The van der Waals surface area contributed by atoms with Gasteiger partial charge in [0.2, 0.25) is 0 Å². The molecule has 0 unspecified atom stereocenters. The van der Waals surface area contributed by atoms with Crippen LogP contribution in [0.2, 0.25) is 0 Å². The van der Waals surface area contributed by atoms with Crippen LogP contribution in [0.5, 0.6) is 0 Å². The molecule has 0 N–H and O–H groups in total. The lowest BCUT2D eigenvalue weighted by Crippen LogP contribution is -2.09. The second kappa shape index (κ2) is 7.00. The predicted molar refractivity (Wildman–Crippen MR) is 69.3 cm³/mol. The van der Waals surface area contributed by atoms with Crippen LogP contribution in [-0.2, 0) is 4.79 Å². The van der Waals surface area contributed by atoms with Gasteiger partial charge in [-0.25, -0.2) is 0 Å². The average molecular weight is 232 g/mol. The van der Waals surface area contributed by atoms with Crippen molar-refractivity contribution in [2.45, 2.75) is 46.0 Å². The third-order valence-corrected chi connectivity index (χ3v) is 2.86. The van der Waals surface area contributed by atoms with Gasteiger partial charge in [0, 0.05) is 12.0 Å². The SMILES string of the molecule is CCCCCC(=O)CC(=O)c1ccccc1C. The Bertz CT molecular complexity index is 394. The van der Waals surface area contributed by atoms with Crippen molar-refractivity contribution in [1.29, 1.82) is 0 Å². The van der Waals surface area contributed by atoms with Crippen LogP contribution in [0.25, 0.3) is 0 Å². The fourth-order valence-electron chi connectivity index (χ4n) is 1.82. The van der Waals surface area contributed by atoms with E-state index in [1.54, 1.807) is 6.07 Å². The summed E-state index contributed by atoms with van der Waals surface area (Å²) in [6.45, 7) is 4.00. The topological polar surface area (TPSA) is 34.1 Å². The van der Waals surface area contributed by atoms with Crippen LogP contribution in [0, 0.1) is 6.92 Å². The summed E-state index contributed by atoms with van der Waals surface area (Å²) in [6.07, 6.45) is 3.64. The zero-order valence-electron chi connectivity index (χ0n) is 10.7. The monoisotopic (exact) mass is 232 g/mol. The number of carbonyl (C=O) groups excluding carboxylic acids is 2. The van der Waals surface area contributed by atoms with E-state index in [0.29, 0.717) is 12.0 Å². The number of hydrogen-bond acceptors (Lipinski definition) is 2. The molecule has 0 aromatic heterocycles. The molecule has 2 heteroatoms. The van der Waals surface area contributed by atoms with Gasteiger partial charge in [0.1, 0.15) is 5.78 Å². The Labute approximate surface area is 103 Å². The van der Waals surface area contributed by atoms with Gasteiger partial charge in [-0.3, -0.25) is 9.59 Å². The number of unbranched alkanes of at least 4 members (excludes halogenated alkanes) is 2. The lowest BCUT2D eigenvalue weighted by Gasteiger charge is -2.04. The lowest BCUT2D eigenvalue weighted by molar-refractivity contribution is -0.118. The maximum atomic E-state index is 11.9. The molecule has 0 aliphatic rings. The predicted octanol–water partition coefficient (Wildman–Crippen LogP) is 3.72. The minimum Gasteiger partial charge on any atom is -0.299 e. The second-order valence-corrected chi connectivity index (χ2v) is 4.41. The quantitative estimate of drug-likeness (QED) is 0.408. The van der Waals surface area contributed by atoms with Gasteiger partial charge in [0.15, 0.2) is 5.78 Å². The van der Waals surface area contributed by atoms with Crippen molar-refractivity contribution in [3.05, 3.63) is 35.4 Å². The minimum atomic E-state index is -0.0513. The Morgan fingerprint density at radius 3 is 2.47 bits per heavy atom. The van der Waals surface area contributed by atoms with Crippen LogP contribution in [0.4, 0.5) is 0 Å². The molecular formula is C15H20O2. The Balaban J connectivity index is 2.49. The van der Waals surface area contributed by atoms with Gasteiger partial charge in [-0.2, -0.15) is 0 Å². The number of carbonyl (C=O) groups is 2. The van der Waals surface area contributed by atoms with E-state index in [-0.39, 0.29) is 18.0 Å². The zero-order valence-corrected chi connectivity index (χ0v) is 10.7. The molecule has 2 nitrogen and oxygen atoms in total. The standard InChI is InChI=1S/C15H20O2/c1-3-4-5-9-13(16)11-15(17)14-10-7-6-8-12(14)2/h6-8,10H,3-5,9,11H2,1-2H3. The number of rotatable bonds is 7. The summed E-state index contributed by atoms with van der Waals surface area (Å²) in [5.41, 5.74) is 1.62. The molecular weight excluding hydrogens is 212 g/mol. The van der Waals surface area contributed by atoms with Gasteiger partial charge in [0.25, 0.3) is 0 Å². The molecule has 0 fully saturated rings. The number of benzene rings is 1. The molecule has 0 saturated heterocycles. The van der Waals surface area contributed by atoms with Crippen molar-refractivity contribution in [1.82, 2.24) is 0 Å². The van der Waals surface area contributed by atoms with E-state index in [2.05, 4.69) is 6.92 Å². The molecule has 0 amide bonds. The Morgan fingerprint density at radius 2 is 1.82 bits per heavy atom. The zero-order chi connectivity index (χ0) is 12.7. The van der Waals surface area contributed by atoms with Crippen LogP contribution in [0.1, 0.15) is 54.9 Å². The molecule has 1 rings (SSSR count). The van der Waals surface area contributed by atoms with E-state index in [1.807, 2.05) is 25.1 Å². The van der Waals surface area contributed by atoms with E-state index in [9.17, 15) is 9.59 Å². The molecule has 0 bridgehead atoms. The van der Waals surface area contributed by atoms with Crippen molar-refractivity contribution >= 4 is 11.6 Å². The number of aryl methyl sites for hydroxylation is 1. The highest BCUT2D eigenvalue weighted by Gasteiger charge is 2.12. The molecule has 1 aromatic carbocycles. The summed E-state index contributed by atoms with van der Waals surface area (Å²) in [4.78, 5) is 23.5. The van der Waals surface area contributed by atoms with Crippen molar-refractivity contribution < 1.29 is 9.59 Å². The average Bonchev–Trinajstić information content (AvgIpc) is 2.29. The van der Waals surface area contributed by atoms with E-state index in [0.717, 1.165) is 24.8 Å². The van der Waals surface area contributed by atoms with Crippen LogP contribution < -0.4 is 0 Å². The number of hydrogen-bond donors (Lipinski definition) is 0. The minimum absolute atomic E-state index is 0.0502. The van der Waals surface area contributed by atoms with Crippen molar-refractivity contribution in [2.24, 2.45) is 0 Å². The maximum absolute atomic E-state index is 11.9. The highest BCUT2D eigenvalue weighted by atomic mass is 16.1. The van der Waals surface area contributed by atoms with Crippen LogP contribution in [-0.4, -0.2) is 11.6 Å². The second-order valence-electron chi connectivity index (χ2n) is 4.41. The molecule has 0 spiro atoms. The number of ketones is 2. The smallest absolute Gasteiger partial charge is 0.170 e. The first-order chi connectivity index (χ1) is 8.15. The summed E-state index contributed by atoms with van der Waals surface area (Å²) < 4.78 is 0. The highest BCUT2D eigenvalue weighted by Crippen LogP contribution is 2.11. The first-order valence-corrected chi connectivity index (χ1v) is 6.25. The first kappa shape index (κ1) is 13.6. The molecule has 0 aliphatic carbocycles. The molecule has 0 saturated carbocycles. The van der Waals surface area contributed by atoms with Crippen molar-refractivity contribution in [3.63, 3.8) is 0 Å². The largest absolute Gasteiger partial charge is 0.299 e. The van der Waals surface area contributed by atoms with Crippen molar-refractivity contribution in [2.75, 3.05) is 0 Å². The molecule has 17 heavy (non-hydrogen) atoms. The molecule has 0 heterocycles. The van der Waals surface area contributed by atoms with Crippen LogP contribution >= 0.6 is 0 Å². The summed E-state index contributed by atoms with van der Waals surface area (Å²) >= 11 is 0. The fourth-order valence-corrected chi connectivity index (χ4v) is 1.82. The maximum Gasteiger partial charge on any atom is 0.170 e. The van der Waals surface area contributed by atoms with Crippen molar-refractivity contribution in [3.8, 4) is 0 Å². The molecule has 92 valence electrons. The van der Waals surface area contributed by atoms with Gasteiger partial charge >= 0.3 is 0 Å². The third-order valence-electron chi connectivity index (χ3n) is 2.86. The summed E-state index contributed by atoms with van der Waals surface area (Å²) in [7, 11) is 0. The first-order valence-electron chi connectivity index (χ1n) is 6.25. The van der Waals surface area contributed by atoms with Gasteiger partial charge in [0.05, 0.1) is 6.42 Å². The van der Waals surface area contributed by atoms with Crippen LogP contribution in [0.15, 0.2) is 24.3 Å². The van der Waals surface area contributed by atoms with Gasteiger partial charge < -0.3 is 0 Å². The van der Waals surface area contributed by atoms with E-state index < -0.39 is 0 Å². The van der Waals surface area contributed by atoms with Crippen LogP contribution in [0.3, 0.4) is 0 Å². The normalized spacial score (nSPS) is 10.2. The number of Topliss-reactive ketones (excluding diaryl/α,β-unsaturated/α-hetero) is 2. The summed E-state index contributed by atoms with van der Waals surface area (Å²) in [5.74, 6) is 0.0105. The van der Waals surface area contributed by atoms with Gasteiger partial charge in [-0.05, 0) is 18.9 Å². The Kier molecular flexibility index (Phi) is 5.61. The van der Waals surface area contributed by atoms with E-state index >= 15 is 0 Å². The molecule has 0 aliphatic heterocycles. The lowest BCUT2D eigenvalue weighted by atomic mass is 9.99. The summed E-state index contributed by atoms with van der Waals surface area (Å²) in [6, 6.07) is 7.42. The third kappa shape index (κ3) is 4.51. The molecule has 1 aromatic rings. The van der Waals surface area contributed by atoms with E-state index in [1.165, 1.54) is 0 Å². The van der Waals surface area contributed by atoms with E-state index in [4.69, 9.17) is 0 Å². The Hall–Kier alpha value is -1.44. The molecule has 0 atom stereocenters. The Morgan fingerprint density at radius 1 is 1.12 bits per heavy atom.